The first kappa shape index (κ1) is 12.3. The molecule has 1 heterocycles. The molecule has 2 rings (SSSR count). The predicted octanol–water partition coefficient (Wildman–Crippen LogP) is -0.288. The lowest BCUT2D eigenvalue weighted by molar-refractivity contribution is -0.114. The fourth-order valence-electron chi connectivity index (χ4n) is 1.50. The minimum absolute atomic E-state index is 0.262. The molecule has 96 valence electrons. The number of aromatic nitrogens is 1. The Kier molecular flexibility index (Phi) is 2.94. The Morgan fingerprint density at radius 3 is 2.89 bits per heavy atom. The molecule has 1 aliphatic rings. The van der Waals surface area contributed by atoms with Gasteiger partial charge in [-0.15, -0.1) is 0 Å². The summed E-state index contributed by atoms with van der Waals surface area (Å²) in [5.74, 6) is -0.262. The lowest BCUT2D eigenvalue weighted by Crippen LogP contribution is -2.46. The Labute approximate surface area is 103 Å². The van der Waals surface area contributed by atoms with Crippen molar-refractivity contribution in [2.45, 2.75) is 32.4 Å². The van der Waals surface area contributed by atoms with Gasteiger partial charge < -0.3 is 14.5 Å². The molecule has 1 amide bonds. The number of hydrogen-bond donors (Lipinski definition) is 1. The molecule has 18 heavy (non-hydrogen) atoms. The van der Waals surface area contributed by atoms with Crippen LogP contribution >= 0.6 is 0 Å². The zero-order valence-electron chi connectivity index (χ0n) is 10.4. The number of hydrogen-bond acceptors (Lipinski definition) is 5. The van der Waals surface area contributed by atoms with E-state index >= 15 is 0 Å². The molecule has 0 aliphatic heterocycles. The largest absolute Gasteiger partial charge is 0.444 e. The van der Waals surface area contributed by atoms with Gasteiger partial charge in [-0.1, -0.05) is 0 Å². The summed E-state index contributed by atoms with van der Waals surface area (Å²) in [6.45, 7) is 5.25. The van der Waals surface area contributed by atoms with Crippen LogP contribution in [0.15, 0.2) is 10.8 Å². The number of amides is 1. The van der Waals surface area contributed by atoms with Crippen molar-refractivity contribution in [2.24, 2.45) is 0 Å². The molecule has 0 aromatic carbocycles. The molecule has 6 heteroatoms. The monoisotopic (exact) mass is 250 g/mol. The average molecular weight is 250 g/mol. The number of nitrogens with one attached hydrogen (secondary N) is 1. The minimum atomic E-state index is -0.778. The molecule has 0 spiro atoms. The fourth-order valence-corrected chi connectivity index (χ4v) is 1.50. The second-order valence-electron chi connectivity index (χ2n) is 4.94. The second kappa shape index (κ2) is 4.29. The number of oxazole rings is 1. The summed E-state index contributed by atoms with van der Waals surface area (Å²) >= 11 is 0. The lowest BCUT2D eigenvalue weighted by Gasteiger charge is -2.21. The van der Waals surface area contributed by atoms with Crippen molar-refractivity contribution in [1.82, 2.24) is 10.3 Å². The molecule has 1 N–H and O–H groups in total. The smallest absolute Gasteiger partial charge is 0.408 e. The van der Waals surface area contributed by atoms with Crippen molar-refractivity contribution in [3.8, 4) is 0 Å². The predicted molar refractivity (Wildman–Crippen MR) is 62.8 cm³/mol. The topological polar surface area (TPSA) is 81.4 Å². The van der Waals surface area contributed by atoms with E-state index in [4.69, 9.17) is 9.15 Å². The van der Waals surface area contributed by atoms with Gasteiger partial charge in [0.25, 0.3) is 0 Å². The molecule has 0 fully saturated rings. The molecule has 0 bridgehead atoms. The van der Waals surface area contributed by atoms with Crippen molar-refractivity contribution in [3.05, 3.63) is 17.2 Å². The fraction of sp³-hybridized carbons (Fsp3) is 0.417. The first-order chi connectivity index (χ1) is 8.35. The van der Waals surface area contributed by atoms with Gasteiger partial charge in [0, 0.05) is 6.08 Å². The van der Waals surface area contributed by atoms with E-state index in [0.717, 1.165) is 0 Å². The Balaban J connectivity index is 2.12. The summed E-state index contributed by atoms with van der Waals surface area (Å²) in [7, 11) is 0. The lowest BCUT2D eigenvalue weighted by atomic mass is 10.1. The van der Waals surface area contributed by atoms with E-state index in [2.05, 4.69) is 10.3 Å². The van der Waals surface area contributed by atoms with Gasteiger partial charge in [-0.05, 0) is 26.8 Å². The highest BCUT2D eigenvalue weighted by Gasteiger charge is 2.23. The maximum Gasteiger partial charge on any atom is 0.408 e. The van der Waals surface area contributed by atoms with E-state index < -0.39 is 17.7 Å². The number of carbonyl (C=O) groups is 2. The maximum atomic E-state index is 11.7. The van der Waals surface area contributed by atoms with Gasteiger partial charge in [-0.3, -0.25) is 4.79 Å². The molecule has 0 saturated heterocycles. The van der Waals surface area contributed by atoms with Crippen LogP contribution < -0.4 is 16.1 Å². The summed E-state index contributed by atoms with van der Waals surface area (Å²) in [6, 6.07) is -0.778. The van der Waals surface area contributed by atoms with Crippen LogP contribution in [0.5, 0.6) is 0 Å². The maximum absolute atomic E-state index is 11.7. The van der Waals surface area contributed by atoms with Gasteiger partial charge in [0.1, 0.15) is 17.0 Å². The Morgan fingerprint density at radius 1 is 1.50 bits per heavy atom. The summed E-state index contributed by atoms with van der Waals surface area (Å²) in [5, 5.41) is 2.94. The number of ketones is 1. The zero-order chi connectivity index (χ0) is 13.3. The van der Waals surface area contributed by atoms with E-state index in [-0.39, 0.29) is 5.78 Å². The first-order valence-corrected chi connectivity index (χ1v) is 5.51. The van der Waals surface area contributed by atoms with Crippen molar-refractivity contribution >= 4 is 24.0 Å². The number of alkyl carbamates (subject to hydrolysis) is 1. The second-order valence-corrected chi connectivity index (χ2v) is 4.94. The highest BCUT2D eigenvalue weighted by molar-refractivity contribution is 6.14. The number of fused-ring (bicyclic) bond motifs is 1. The van der Waals surface area contributed by atoms with Gasteiger partial charge >= 0.3 is 6.09 Å². The third kappa shape index (κ3) is 2.77. The molecule has 0 radical (unpaired) electrons. The van der Waals surface area contributed by atoms with Crippen LogP contribution in [-0.4, -0.2) is 28.5 Å². The van der Waals surface area contributed by atoms with Crippen LogP contribution in [0, 0.1) is 0 Å². The van der Waals surface area contributed by atoms with Crippen molar-refractivity contribution in [1.29, 1.82) is 0 Å². The number of rotatable bonds is 1. The van der Waals surface area contributed by atoms with E-state index in [1.165, 1.54) is 18.5 Å². The van der Waals surface area contributed by atoms with Crippen LogP contribution in [0.2, 0.25) is 0 Å². The molecule has 1 atom stereocenters. The summed E-state index contributed by atoms with van der Waals surface area (Å²) < 4.78 is 10.2. The summed E-state index contributed by atoms with van der Waals surface area (Å²) in [4.78, 5) is 27.1. The number of carbonyl (C=O) groups excluding carboxylic acids is 2. The summed E-state index contributed by atoms with van der Waals surface area (Å²) in [6.07, 6.45) is 3.45. The number of ether oxygens (including phenoxy) is 1. The van der Waals surface area contributed by atoms with Gasteiger partial charge in [0.15, 0.2) is 17.6 Å². The van der Waals surface area contributed by atoms with Crippen LogP contribution in [-0.2, 0) is 9.53 Å². The van der Waals surface area contributed by atoms with Gasteiger partial charge in [0.2, 0.25) is 0 Å². The molecule has 1 unspecified atom stereocenters. The standard InChI is InChI=1S/C12H14N2O4/c1-12(2,3)18-11(16)14-7-5-10-8(4-9(7)15)13-6-17-10/h4-7H,1-3H3,(H,14,16). The number of nitrogens with zero attached hydrogens (tertiary/aromatic N) is 1. The average Bonchev–Trinajstić information content (AvgIpc) is 2.62. The Hall–Kier alpha value is -2.11. The molecule has 1 aromatic rings. The quantitative estimate of drug-likeness (QED) is 0.740. The van der Waals surface area contributed by atoms with Crippen LogP contribution in [0.3, 0.4) is 0 Å². The Morgan fingerprint density at radius 2 is 2.22 bits per heavy atom. The highest BCUT2D eigenvalue weighted by atomic mass is 16.6. The normalized spacial score (nSPS) is 18.4. The molecule has 1 aliphatic carbocycles. The highest BCUT2D eigenvalue weighted by Crippen LogP contribution is 2.07. The van der Waals surface area contributed by atoms with Gasteiger partial charge in [-0.25, -0.2) is 9.78 Å². The van der Waals surface area contributed by atoms with Crippen LogP contribution in [0.1, 0.15) is 20.8 Å². The van der Waals surface area contributed by atoms with Crippen LogP contribution in [0.25, 0.3) is 12.2 Å². The van der Waals surface area contributed by atoms with Crippen molar-refractivity contribution < 1.29 is 18.7 Å². The third-order valence-electron chi connectivity index (χ3n) is 2.20. The first-order valence-electron chi connectivity index (χ1n) is 5.51. The SMILES string of the molecule is CC(C)(C)OC(=O)NC1C=c2ocnc2=CC1=O. The summed E-state index contributed by atoms with van der Waals surface area (Å²) in [5.41, 5.74) is -0.140. The van der Waals surface area contributed by atoms with Crippen molar-refractivity contribution in [2.75, 3.05) is 0 Å². The minimum Gasteiger partial charge on any atom is -0.444 e. The zero-order valence-corrected chi connectivity index (χ0v) is 10.4. The molecular weight excluding hydrogens is 236 g/mol. The van der Waals surface area contributed by atoms with E-state index in [1.807, 2.05) is 0 Å². The van der Waals surface area contributed by atoms with Gasteiger partial charge in [-0.2, -0.15) is 0 Å². The third-order valence-corrected chi connectivity index (χ3v) is 2.20. The molecule has 6 nitrogen and oxygen atoms in total. The molecular formula is C12H14N2O4. The molecule has 1 aromatic heterocycles. The van der Waals surface area contributed by atoms with E-state index in [0.29, 0.717) is 10.8 Å². The van der Waals surface area contributed by atoms with Gasteiger partial charge in [0.05, 0.1) is 0 Å². The van der Waals surface area contributed by atoms with E-state index in [9.17, 15) is 9.59 Å². The van der Waals surface area contributed by atoms with Crippen LogP contribution in [0.4, 0.5) is 4.79 Å². The van der Waals surface area contributed by atoms with Crippen molar-refractivity contribution in [3.63, 3.8) is 0 Å². The number of Topliss-reactive ketones (excluding diaryl/α,β-unsaturated/α-hetero) is 1. The van der Waals surface area contributed by atoms with E-state index in [1.54, 1.807) is 20.8 Å². The molecule has 0 saturated carbocycles. The Bertz CT molecular complexity index is 594.